The smallest absolute Gasteiger partial charge is 0.300 e. The monoisotopic (exact) mass is 326 g/mol. The third kappa shape index (κ3) is 3.09. The number of rotatable bonds is 2. The maximum absolute atomic E-state index is 5.83. The quantitative estimate of drug-likeness (QED) is 0.802. The van der Waals surface area contributed by atoms with Crippen molar-refractivity contribution in [3.8, 4) is 10.9 Å². The van der Waals surface area contributed by atoms with Gasteiger partial charge >= 0.3 is 0 Å². The predicted octanol–water partition coefficient (Wildman–Crippen LogP) is 4.70. The molecule has 2 rings (SSSR count). The van der Waals surface area contributed by atoms with Gasteiger partial charge in [-0.3, -0.25) is 0 Å². The van der Waals surface area contributed by atoms with Crippen LogP contribution < -0.4 is 4.74 Å². The van der Waals surface area contributed by atoms with E-state index in [1.54, 1.807) is 0 Å². The Labute approximate surface area is 119 Å². The Balaban J connectivity index is 2.38. The summed E-state index contributed by atoms with van der Waals surface area (Å²) in [6.45, 7) is 8.60. The highest BCUT2D eigenvalue weighted by molar-refractivity contribution is 9.11. The second-order valence-electron chi connectivity index (χ2n) is 5.17. The number of halogens is 1. The number of hydrogen-bond donors (Lipinski definition) is 0. The van der Waals surface area contributed by atoms with Gasteiger partial charge in [0.25, 0.3) is 5.19 Å². The van der Waals surface area contributed by atoms with Crippen LogP contribution in [0.2, 0.25) is 0 Å². The van der Waals surface area contributed by atoms with E-state index < -0.39 is 0 Å². The minimum absolute atomic E-state index is 0.0310. The molecule has 0 amide bonds. The molecule has 0 fully saturated rings. The molecule has 18 heavy (non-hydrogen) atoms. The first kappa shape index (κ1) is 13.5. The Morgan fingerprint density at radius 3 is 2.50 bits per heavy atom. The van der Waals surface area contributed by atoms with Gasteiger partial charge in [-0.05, 0) is 45.7 Å². The first-order valence-electron chi connectivity index (χ1n) is 5.64. The largest absolute Gasteiger partial charge is 0.429 e. The second-order valence-corrected chi connectivity index (χ2v) is 7.39. The molecule has 96 valence electrons. The van der Waals surface area contributed by atoms with Crippen LogP contribution in [0.15, 0.2) is 22.1 Å². The Kier molecular flexibility index (Phi) is 3.73. The van der Waals surface area contributed by atoms with Crippen molar-refractivity contribution in [3.63, 3.8) is 0 Å². The van der Waals surface area contributed by atoms with Gasteiger partial charge in [-0.15, -0.1) is 5.10 Å². The molecule has 0 radical (unpaired) electrons. The zero-order valence-corrected chi connectivity index (χ0v) is 13.2. The molecule has 0 N–H and O–H groups in total. The van der Waals surface area contributed by atoms with E-state index in [0.717, 1.165) is 9.67 Å². The Bertz CT molecular complexity index is 560. The SMILES string of the molecule is Cc1ccc(Oc2nnc(Br)s2)c(C(C)(C)C)c1. The summed E-state index contributed by atoms with van der Waals surface area (Å²) in [4.78, 5) is 0. The van der Waals surface area contributed by atoms with Gasteiger partial charge in [-0.25, -0.2) is 0 Å². The average Bonchev–Trinajstić information content (AvgIpc) is 2.65. The fourth-order valence-corrected chi connectivity index (χ4v) is 2.58. The molecule has 2 aromatic rings. The van der Waals surface area contributed by atoms with Gasteiger partial charge in [0.15, 0.2) is 3.92 Å². The molecule has 0 saturated carbocycles. The summed E-state index contributed by atoms with van der Waals surface area (Å²) in [6.07, 6.45) is 0. The Morgan fingerprint density at radius 2 is 1.94 bits per heavy atom. The van der Waals surface area contributed by atoms with E-state index in [1.165, 1.54) is 22.5 Å². The number of benzene rings is 1. The molecule has 0 unspecified atom stereocenters. The lowest BCUT2D eigenvalue weighted by molar-refractivity contribution is 0.448. The zero-order chi connectivity index (χ0) is 13.3. The van der Waals surface area contributed by atoms with Crippen molar-refractivity contribution in [1.29, 1.82) is 0 Å². The maximum atomic E-state index is 5.83. The molecule has 0 spiro atoms. The fourth-order valence-electron chi connectivity index (χ4n) is 1.65. The van der Waals surface area contributed by atoms with Crippen molar-refractivity contribution in [2.24, 2.45) is 0 Å². The molecular formula is C13H15BrN2OS. The lowest BCUT2D eigenvalue weighted by Crippen LogP contribution is -2.12. The summed E-state index contributed by atoms with van der Waals surface area (Å²) in [5.41, 5.74) is 2.43. The normalized spacial score (nSPS) is 11.6. The van der Waals surface area contributed by atoms with Gasteiger partial charge in [0.1, 0.15) is 5.75 Å². The van der Waals surface area contributed by atoms with E-state index in [0.29, 0.717) is 5.19 Å². The highest BCUT2D eigenvalue weighted by atomic mass is 79.9. The molecule has 0 saturated heterocycles. The van der Waals surface area contributed by atoms with Crippen LogP contribution in [0, 0.1) is 6.92 Å². The number of nitrogens with zero attached hydrogens (tertiary/aromatic N) is 2. The molecule has 1 aromatic heterocycles. The highest BCUT2D eigenvalue weighted by Crippen LogP contribution is 2.36. The highest BCUT2D eigenvalue weighted by Gasteiger charge is 2.20. The summed E-state index contributed by atoms with van der Waals surface area (Å²) < 4.78 is 6.55. The zero-order valence-electron chi connectivity index (χ0n) is 10.8. The van der Waals surface area contributed by atoms with E-state index in [1.807, 2.05) is 12.1 Å². The number of ether oxygens (including phenoxy) is 1. The summed E-state index contributed by atoms with van der Waals surface area (Å²) >= 11 is 4.66. The predicted molar refractivity (Wildman–Crippen MR) is 77.6 cm³/mol. The van der Waals surface area contributed by atoms with E-state index >= 15 is 0 Å². The second kappa shape index (κ2) is 4.97. The van der Waals surface area contributed by atoms with Gasteiger partial charge < -0.3 is 4.74 Å². The van der Waals surface area contributed by atoms with Crippen molar-refractivity contribution in [2.75, 3.05) is 0 Å². The first-order chi connectivity index (χ1) is 8.36. The van der Waals surface area contributed by atoms with Gasteiger partial charge in [-0.2, -0.15) is 0 Å². The van der Waals surface area contributed by atoms with Crippen LogP contribution in [0.3, 0.4) is 0 Å². The van der Waals surface area contributed by atoms with Crippen molar-refractivity contribution >= 4 is 27.3 Å². The van der Waals surface area contributed by atoms with Crippen LogP contribution in [0.4, 0.5) is 0 Å². The molecule has 5 heteroatoms. The van der Waals surface area contributed by atoms with Crippen LogP contribution in [0.25, 0.3) is 0 Å². The van der Waals surface area contributed by atoms with Gasteiger partial charge in [0.2, 0.25) is 0 Å². The van der Waals surface area contributed by atoms with Crippen molar-refractivity contribution < 1.29 is 4.74 Å². The molecule has 1 heterocycles. The van der Waals surface area contributed by atoms with Crippen LogP contribution in [0.5, 0.6) is 10.9 Å². The first-order valence-corrected chi connectivity index (χ1v) is 7.25. The maximum Gasteiger partial charge on any atom is 0.300 e. The van der Waals surface area contributed by atoms with Gasteiger partial charge in [0.05, 0.1) is 0 Å². The minimum atomic E-state index is 0.0310. The van der Waals surface area contributed by atoms with Crippen LogP contribution in [-0.4, -0.2) is 10.2 Å². The van der Waals surface area contributed by atoms with Crippen LogP contribution in [-0.2, 0) is 5.41 Å². The topological polar surface area (TPSA) is 35.0 Å². The van der Waals surface area contributed by atoms with E-state index in [4.69, 9.17) is 4.74 Å². The van der Waals surface area contributed by atoms with E-state index in [-0.39, 0.29) is 5.41 Å². The van der Waals surface area contributed by atoms with Crippen molar-refractivity contribution in [2.45, 2.75) is 33.1 Å². The number of aryl methyl sites for hydroxylation is 1. The number of aromatic nitrogens is 2. The Hall–Kier alpha value is -0.940. The molecule has 0 bridgehead atoms. The molecule has 0 atom stereocenters. The summed E-state index contributed by atoms with van der Waals surface area (Å²) in [5.74, 6) is 0.844. The van der Waals surface area contributed by atoms with Crippen LogP contribution in [0.1, 0.15) is 31.9 Å². The summed E-state index contributed by atoms with van der Waals surface area (Å²) in [5, 5.41) is 8.39. The van der Waals surface area contributed by atoms with Crippen LogP contribution >= 0.6 is 27.3 Å². The average molecular weight is 327 g/mol. The lowest BCUT2D eigenvalue weighted by atomic mass is 9.85. The minimum Gasteiger partial charge on any atom is -0.429 e. The summed E-state index contributed by atoms with van der Waals surface area (Å²) in [7, 11) is 0. The molecule has 0 aliphatic rings. The van der Waals surface area contributed by atoms with Crippen molar-refractivity contribution in [3.05, 3.63) is 33.2 Å². The van der Waals surface area contributed by atoms with E-state index in [2.05, 4.69) is 59.9 Å². The van der Waals surface area contributed by atoms with Gasteiger partial charge in [-0.1, -0.05) is 43.6 Å². The Morgan fingerprint density at radius 1 is 1.22 bits per heavy atom. The van der Waals surface area contributed by atoms with Gasteiger partial charge in [0, 0.05) is 5.56 Å². The number of hydrogen-bond acceptors (Lipinski definition) is 4. The van der Waals surface area contributed by atoms with Crippen molar-refractivity contribution in [1.82, 2.24) is 10.2 Å². The standard InChI is InChI=1S/C13H15BrN2OS/c1-8-5-6-10(9(7-8)13(2,3)4)17-12-16-15-11(14)18-12/h5-7H,1-4H3. The third-order valence-electron chi connectivity index (χ3n) is 2.52. The van der Waals surface area contributed by atoms with E-state index in [9.17, 15) is 0 Å². The molecule has 0 aliphatic carbocycles. The molecule has 3 nitrogen and oxygen atoms in total. The lowest BCUT2D eigenvalue weighted by Gasteiger charge is -2.22. The third-order valence-corrected chi connectivity index (χ3v) is 3.76. The summed E-state index contributed by atoms with van der Waals surface area (Å²) in [6, 6.07) is 6.19. The molecule has 0 aliphatic heterocycles. The fraction of sp³-hybridized carbons (Fsp3) is 0.385. The molecular weight excluding hydrogens is 312 g/mol. The molecule has 1 aromatic carbocycles.